The molecular weight excluding hydrogens is 256 g/mol. The highest BCUT2D eigenvalue weighted by atomic mass is 32.2. The van der Waals surface area contributed by atoms with Crippen molar-refractivity contribution in [2.24, 2.45) is 0 Å². The van der Waals surface area contributed by atoms with Crippen LogP contribution in [0.25, 0.3) is 0 Å². The van der Waals surface area contributed by atoms with Crippen molar-refractivity contribution in [2.45, 2.75) is 31.7 Å². The van der Waals surface area contributed by atoms with Crippen LogP contribution in [0.3, 0.4) is 0 Å². The number of hydrogen-bond acceptors (Lipinski definition) is 5. The third-order valence-corrected chi connectivity index (χ3v) is 4.44. The third kappa shape index (κ3) is 5.32. The topological polar surface area (TPSA) is 75.7 Å². The zero-order valence-electron chi connectivity index (χ0n) is 11.0. The van der Waals surface area contributed by atoms with E-state index in [1.165, 1.54) is 17.7 Å². The van der Waals surface area contributed by atoms with Crippen molar-refractivity contribution in [1.82, 2.24) is 9.62 Å². The van der Waals surface area contributed by atoms with E-state index in [9.17, 15) is 13.2 Å². The van der Waals surface area contributed by atoms with Crippen molar-refractivity contribution in [3.8, 4) is 0 Å². The lowest BCUT2D eigenvalue weighted by Gasteiger charge is -2.30. The van der Waals surface area contributed by atoms with E-state index in [1.54, 1.807) is 0 Å². The number of nitrogens with one attached hydrogen (secondary N) is 1. The van der Waals surface area contributed by atoms with E-state index >= 15 is 0 Å². The fourth-order valence-electron chi connectivity index (χ4n) is 2.03. The van der Waals surface area contributed by atoms with Crippen LogP contribution in [0.4, 0.5) is 0 Å². The molecule has 0 unspecified atom stereocenters. The number of nitrogens with zero attached hydrogens (tertiary/aromatic N) is 1. The summed E-state index contributed by atoms with van der Waals surface area (Å²) in [5.41, 5.74) is 0. The summed E-state index contributed by atoms with van der Waals surface area (Å²) in [6, 6.07) is 0.348. The zero-order valence-corrected chi connectivity index (χ0v) is 11.8. The van der Waals surface area contributed by atoms with Crippen LogP contribution in [0.15, 0.2) is 0 Å². The Bertz CT molecular complexity index is 361. The molecule has 0 aromatic carbocycles. The SMILES string of the molecule is COC(=O)CCCNC1CCN(S(C)(=O)=O)CC1. The summed E-state index contributed by atoms with van der Waals surface area (Å²) in [6.07, 6.45) is 4.07. The molecule has 1 aliphatic heterocycles. The van der Waals surface area contributed by atoms with Gasteiger partial charge in [-0.25, -0.2) is 12.7 Å². The minimum atomic E-state index is -3.04. The summed E-state index contributed by atoms with van der Waals surface area (Å²) in [5, 5.41) is 3.34. The van der Waals surface area contributed by atoms with Crippen molar-refractivity contribution in [2.75, 3.05) is 33.0 Å². The number of hydrogen-bond donors (Lipinski definition) is 1. The van der Waals surface area contributed by atoms with E-state index in [2.05, 4.69) is 10.1 Å². The lowest BCUT2D eigenvalue weighted by atomic mass is 10.1. The van der Waals surface area contributed by atoms with Gasteiger partial charge in [0.25, 0.3) is 0 Å². The predicted octanol–water partition coefficient (Wildman–Crippen LogP) is -0.0468. The Morgan fingerprint density at radius 1 is 1.39 bits per heavy atom. The predicted molar refractivity (Wildman–Crippen MR) is 68.7 cm³/mol. The Morgan fingerprint density at radius 3 is 2.50 bits per heavy atom. The van der Waals surface area contributed by atoms with Gasteiger partial charge in [0, 0.05) is 25.6 Å². The molecule has 1 heterocycles. The number of rotatable bonds is 6. The van der Waals surface area contributed by atoms with Crippen molar-refractivity contribution in [3.63, 3.8) is 0 Å². The molecule has 1 N–H and O–H groups in total. The van der Waals surface area contributed by atoms with Gasteiger partial charge in [0.15, 0.2) is 0 Å². The molecule has 0 atom stereocenters. The highest BCUT2D eigenvalue weighted by molar-refractivity contribution is 7.88. The van der Waals surface area contributed by atoms with Crippen molar-refractivity contribution in [1.29, 1.82) is 0 Å². The fourth-order valence-corrected chi connectivity index (χ4v) is 2.91. The highest BCUT2D eigenvalue weighted by Gasteiger charge is 2.24. The largest absolute Gasteiger partial charge is 0.469 e. The minimum Gasteiger partial charge on any atom is -0.469 e. The smallest absolute Gasteiger partial charge is 0.305 e. The summed E-state index contributed by atoms with van der Waals surface area (Å²) in [4.78, 5) is 10.9. The summed E-state index contributed by atoms with van der Waals surface area (Å²) in [5.74, 6) is -0.191. The molecule has 0 radical (unpaired) electrons. The Kier molecular flexibility index (Phi) is 6.04. The molecule has 1 rings (SSSR count). The summed E-state index contributed by atoms with van der Waals surface area (Å²) < 4.78 is 28.7. The first-order valence-electron chi connectivity index (χ1n) is 6.19. The number of sulfonamides is 1. The van der Waals surface area contributed by atoms with Crippen molar-refractivity contribution < 1.29 is 17.9 Å². The van der Waals surface area contributed by atoms with Gasteiger partial charge in [-0.15, -0.1) is 0 Å². The van der Waals surface area contributed by atoms with Gasteiger partial charge in [-0.2, -0.15) is 0 Å². The molecule has 1 aliphatic rings. The number of piperidine rings is 1. The molecule has 0 aromatic rings. The maximum Gasteiger partial charge on any atom is 0.305 e. The number of carbonyl (C=O) groups is 1. The molecule has 0 bridgehead atoms. The first-order chi connectivity index (χ1) is 8.43. The lowest BCUT2D eigenvalue weighted by Crippen LogP contribution is -2.44. The van der Waals surface area contributed by atoms with Crippen molar-refractivity contribution in [3.05, 3.63) is 0 Å². The Morgan fingerprint density at radius 2 is 2.00 bits per heavy atom. The molecule has 1 fully saturated rings. The number of ether oxygens (including phenoxy) is 1. The minimum absolute atomic E-state index is 0.191. The summed E-state index contributed by atoms with van der Waals surface area (Å²) in [7, 11) is -1.66. The molecule has 0 saturated carbocycles. The van der Waals surface area contributed by atoms with Gasteiger partial charge in [-0.05, 0) is 25.8 Å². The average molecular weight is 278 g/mol. The Hall–Kier alpha value is -0.660. The van der Waals surface area contributed by atoms with Gasteiger partial charge in [0.1, 0.15) is 0 Å². The second-order valence-corrected chi connectivity index (χ2v) is 6.55. The van der Waals surface area contributed by atoms with Crippen LogP contribution in [0.1, 0.15) is 25.7 Å². The lowest BCUT2D eigenvalue weighted by molar-refractivity contribution is -0.140. The van der Waals surface area contributed by atoms with Crippen LogP contribution >= 0.6 is 0 Å². The number of esters is 1. The van der Waals surface area contributed by atoms with E-state index in [0.717, 1.165) is 25.8 Å². The molecule has 7 heteroatoms. The molecule has 0 aromatic heterocycles. The second-order valence-electron chi connectivity index (χ2n) is 4.57. The normalized spacial score (nSPS) is 18.8. The third-order valence-electron chi connectivity index (χ3n) is 3.14. The van der Waals surface area contributed by atoms with Gasteiger partial charge in [-0.1, -0.05) is 0 Å². The van der Waals surface area contributed by atoms with E-state index < -0.39 is 10.0 Å². The molecule has 6 nitrogen and oxygen atoms in total. The molecule has 18 heavy (non-hydrogen) atoms. The zero-order chi connectivity index (χ0) is 13.6. The second kappa shape index (κ2) is 7.06. The molecule has 106 valence electrons. The maximum atomic E-state index is 11.3. The molecule has 1 saturated heterocycles. The van der Waals surface area contributed by atoms with Crippen LogP contribution < -0.4 is 5.32 Å². The standard InChI is InChI=1S/C11H22N2O4S/c1-17-11(14)4-3-7-12-10-5-8-13(9-6-10)18(2,15)16/h10,12H,3-9H2,1-2H3. The van der Waals surface area contributed by atoms with Gasteiger partial charge >= 0.3 is 5.97 Å². The van der Waals surface area contributed by atoms with E-state index in [-0.39, 0.29) is 5.97 Å². The molecular formula is C11H22N2O4S. The number of methoxy groups -OCH3 is 1. The molecule has 0 aliphatic carbocycles. The van der Waals surface area contributed by atoms with E-state index in [4.69, 9.17) is 0 Å². The van der Waals surface area contributed by atoms with Gasteiger partial charge < -0.3 is 10.1 Å². The van der Waals surface area contributed by atoms with Gasteiger partial charge in [0.2, 0.25) is 10.0 Å². The van der Waals surface area contributed by atoms with Crippen LogP contribution in [-0.4, -0.2) is 57.7 Å². The highest BCUT2D eigenvalue weighted by Crippen LogP contribution is 2.13. The van der Waals surface area contributed by atoms with E-state index in [1.807, 2.05) is 0 Å². The van der Waals surface area contributed by atoms with Gasteiger partial charge in [0.05, 0.1) is 13.4 Å². The van der Waals surface area contributed by atoms with Crippen molar-refractivity contribution >= 4 is 16.0 Å². The maximum absolute atomic E-state index is 11.3. The number of carbonyl (C=O) groups excluding carboxylic acids is 1. The van der Waals surface area contributed by atoms with Crippen LogP contribution in [0, 0.1) is 0 Å². The van der Waals surface area contributed by atoms with Crippen LogP contribution in [0.5, 0.6) is 0 Å². The average Bonchev–Trinajstić information content (AvgIpc) is 2.33. The summed E-state index contributed by atoms with van der Waals surface area (Å²) >= 11 is 0. The van der Waals surface area contributed by atoms with Crippen LogP contribution in [-0.2, 0) is 19.6 Å². The summed E-state index contributed by atoms with van der Waals surface area (Å²) in [6.45, 7) is 1.92. The van der Waals surface area contributed by atoms with E-state index in [0.29, 0.717) is 25.6 Å². The molecule has 0 spiro atoms. The molecule has 0 amide bonds. The van der Waals surface area contributed by atoms with Gasteiger partial charge in [-0.3, -0.25) is 4.79 Å². The van der Waals surface area contributed by atoms with Crippen LogP contribution in [0.2, 0.25) is 0 Å². The first kappa shape index (κ1) is 15.4. The monoisotopic (exact) mass is 278 g/mol. The fraction of sp³-hybridized carbons (Fsp3) is 0.909. The Labute approximate surface area is 109 Å². The first-order valence-corrected chi connectivity index (χ1v) is 8.03. The quantitative estimate of drug-likeness (QED) is 0.545. The Balaban J connectivity index is 2.15.